The van der Waals surface area contributed by atoms with Gasteiger partial charge in [0.05, 0.1) is 0 Å². The van der Waals surface area contributed by atoms with Gasteiger partial charge in [0.15, 0.2) is 0 Å². The van der Waals surface area contributed by atoms with E-state index in [4.69, 9.17) is 0 Å². The van der Waals surface area contributed by atoms with Gasteiger partial charge in [0.1, 0.15) is 0 Å². The molecule has 2 fully saturated rings. The van der Waals surface area contributed by atoms with Gasteiger partial charge >= 0.3 is 0 Å². The number of hydrogen-bond acceptors (Lipinski definition) is 2. The molecule has 1 spiro atoms. The van der Waals surface area contributed by atoms with Crippen molar-refractivity contribution < 1.29 is 0 Å². The van der Waals surface area contributed by atoms with Crippen LogP contribution < -0.4 is 5.32 Å². The van der Waals surface area contributed by atoms with E-state index in [0.717, 1.165) is 12.0 Å². The van der Waals surface area contributed by atoms with Crippen LogP contribution >= 0.6 is 0 Å². The molecule has 1 saturated heterocycles. The normalized spacial score (nSPS) is 29.5. The summed E-state index contributed by atoms with van der Waals surface area (Å²) in [7, 11) is 0. The second-order valence-corrected chi connectivity index (χ2v) is 7.11. The predicted molar refractivity (Wildman–Crippen MR) is 83.5 cm³/mol. The Bertz CT molecular complexity index is 258. The third kappa shape index (κ3) is 3.95. The average molecular weight is 266 g/mol. The molecule has 2 unspecified atom stereocenters. The molecule has 2 atom stereocenters. The molecule has 112 valence electrons. The van der Waals surface area contributed by atoms with Crippen molar-refractivity contribution in [2.75, 3.05) is 19.6 Å². The second kappa shape index (κ2) is 7.08. The minimum absolute atomic E-state index is 0.468. The molecule has 0 amide bonds. The maximum absolute atomic E-state index is 3.95. The Hall–Kier alpha value is -0.0800. The van der Waals surface area contributed by atoms with Crippen molar-refractivity contribution in [3.8, 4) is 0 Å². The molecule has 2 heteroatoms. The van der Waals surface area contributed by atoms with E-state index in [1.54, 1.807) is 0 Å². The Kier molecular flexibility index (Phi) is 5.70. The third-order valence-electron chi connectivity index (χ3n) is 5.41. The van der Waals surface area contributed by atoms with E-state index in [9.17, 15) is 0 Å². The van der Waals surface area contributed by atoms with Crippen LogP contribution in [0, 0.1) is 5.92 Å². The van der Waals surface area contributed by atoms with Crippen LogP contribution in [0.2, 0.25) is 0 Å². The number of piperazine rings is 1. The summed E-state index contributed by atoms with van der Waals surface area (Å²) in [5, 5.41) is 3.95. The lowest BCUT2D eigenvalue weighted by Crippen LogP contribution is -2.65. The third-order valence-corrected chi connectivity index (χ3v) is 5.41. The predicted octanol–water partition coefficient (Wildman–Crippen LogP) is 3.81. The monoisotopic (exact) mass is 266 g/mol. The van der Waals surface area contributed by atoms with Gasteiger partial charge in [-0.25, -0.2) is 0 Å². The van der Waals surface area contributed by atoms with Crippen molar-refractivity contribution in [3.63, 3.8) is 0 Å². The van der Waals surface area contributed by atoms with Gasteiger partial charge in [-0.15, -0.1) is 0 Å². The SMILES string of the molecule is CCCC1CNC2(CCCCC2)CN1CC(C)CC. The van der Waals surface area contributed by atoms with Crippen LogP contribution in [0.5, 0.6) is 0 Å². The molecule has 2 aliphatic rings. The summed E-state index contributed by atoms with van der Waals surface area (Å²) in [5.41, 5.74) is 0.468. The van der Waals surface area contributed by atoms with Crippen LogP contribution in [-0.2, 0) is 0 Å². The first-order valence-corrected chi connectivity index (χ1v) is 8.68. The van der Waals surface area contributed by atoms with Crippen LogP contribution in [0.15, 0.2) is 0 Å². The fourth-order valence-electron chi connectivity index (χ4n) is 3.96. The molecule has 0 aromatic rings. The van der Waals surface area contributed by atoms with Gasteiger partial charge in [0, 0.05) is 31.2 Å². The summed E-state index contributed by atoms with van der Waals surface area (Å²) < 4.78 is 0. The molecule has 0 radical (unpaired) electrons. The average Bonchev–Trinajstić information content (AvgIpc) is 2.43. The van der Waals surface area contributed by atoms with Crippen molar-refractivity contribution in [1.82, 2.24) is 10.2 Å². The maximum atomic E-state index is 3.95. The highest BCUT2D eigenvalue weighted by Crippen LogP contribution is 2.32. The zero-order valence-electron chi connectivity index (χ0n) is 13.4. The van der Waals surface area contributed by atoms with Gasteiger partial charge in [0.2, 0.25) is 0 Å². The Morgan fingerprint density at radius 3 is 2.58 bits per heavy atom. The zero-order valence-corrected chi connectivity index (χ0v) is 13.4. The highest BCUT2D eigenvalue weighted by molar-refractivity contribution is 4.99. The Morgan fingerprint density at radius 2 is 1.95 bits per heavy atom. The molecule has 2 nitrogen and oxygen atoms in total. The van der Waals surface area contributed by atoms with Crippen molar-refractivity contribution >= 4 is 0 Å². The molecule has 1 heterocycles. The lowest BCUT2D eigenvalue weighted by Gasteiger charge is -2.50. The lowest BCUT2D eigenvalue weighted by atomic mass is 9.79. The first-order chi connectivity index (χ1) is 9.19. The topological polar surface area (TPSA) is 15.3 Å². The molecule has 1 aliphatic carbocycles. The largest absolute Gasteiger partial charge is 0.308 e. The Balaban J connectivity index is 1.99. The summed E-state index contributed by atoms with van der Waals surface area (Å²) in [6, 6.07) is 0.784. The highest BCUT2D eigenvalue weighted by Gasteiger charge is 2.39. The van der Waals surface area contributed by atoms with Gasteiger partial charge < -0.3 is 5.32 Å². The minimum atomic E-state index is 0.468. The molecule has 0 aromatic heterocycles. The first-order valence-electron chi connectivity index (χ1n) is 8.68. The molecular weight excluding hydrogens is 232 g/mol. The summed E-state index contributed by atoms with van der Waals surface area (Å²) in [5.74, 6) is 0.845. The number of rotatable bonds is 5. The van der Waals surface area contributed by atoms with Crippen molar-refractivity contribution in [1.29, 1.82) is 0 Å². The van der Waals surface area contributed by atoms with Gasteiger partial charge in [-0.3, -0.25) is 4.90 Å². The minimum Gasteiger partial charge on any atom is -0.308 e. The van der Waals surface area contributed by atoms with Crippen molar-refractivity contribution in [3.05, 3.63) is 0 Å². The molecule has 2 rings (SSSR count). The molecule has 0 bridgehead atoms. The lowest BCUT2D eigenvalue weighted by molar-refractivity contribution is 0.0418. The summed E-state index contributed by atoms with van der Waals surface area (Å²) >= 11 is 0. The molecular formula is C17H34N2. The zero-order chi connectivity index (χ0) is 13.7. The van der Waals surface area contributed by atoms with Crippen LogP contribution in [-0.4, -0.2) is 36.1 Å². The number of nitrogens with one attached hydrogen (secondary N) is 1. The fraction of sp³-hybridized carbons (Fsp3) is 1.00. The van der Waals surface area contributed by atoms with E-state index in [0.29, 0.717) is 5.54 Å². The molecule has 19 heavy (non-hydrogen) atoms. The summed E-state index contributed by atoms with van der Waals surface area (Å²) in [4.78, 5) is 2.83. The second-order valence-electron chi connectivity index (χ2n) is 7.11. The van der Waals surface area contributed by atoms with E-state index in [1.807, 2.05) is 0 Å². The molecule has 1 N–H and O–H groups in total. The van der Waals surface area contributed by atoms with Crippen LogP contribution in [0.4, 0.5) is 0 Å². The standard InChI is InChI=1S/C17H34N2/c1-4-9-16-12-18-17(10-7-6-8-11-17)14-19(16)13-15(3)5-2/h15-16,18H,4-14H2,1-3H3. The van der Waals surface area contributed by atoms with E-state index in [2.05, 4.69) is 31.0 Å². The van der Waals surface area contributed by atoms with E-state index in [-0.39, 0.29) is 0 Å². The van der Waals surface area contributed by atoms with E-state index in [1.165, 1.54) is 71.0 Å². The first kappa shape index (κ1) is 15.3. The number of nitrogens with zero attached hydrogens (tertiary/aromatic N) is 1. The van der Waals surface area contributed by atoms with Gasteiger partial charge in [-0.2, -0.15) is 0 Å². The van der Waals surface area contributed by atoms with Crippen LogP contribution in [0.1, 0.15) is 72.1 Å². The Morgan fingerprint density at radius 1 is 1.21 bits per heavy atom. The highest BCUT2D eigenvalue weighted by atomic mass is 15.3. The Labute approximate surface area is 120 Å². The van der Waals surface area contributed by atoms with Crippen LogP contribution in [0.25, 0.3) is 0 Å². The molecule has 1 aliphatic heterocycles. The smallest absolute Gasteiger partial charge is 0.0309 e. The fourth-order valence-corrected chi connectivity index (χ4v) is 3.96. The summed E-state index contributed by atoms with van der Waals surface area (Å²) in [6.07, 6.45) is 11.1. The van der Waals surface area contributed by atoms with Crippen molar-refractivity contribution in [2.45, 2.75) is 83.7 Å². The van der Waals surface area contributed by atoms with Gasteiger partial charge in [0.25, 0.3) is 0 Å². The van der Waals surface area contributed by atoms with E-state index >= 15 is 0 Å². The molecule has 0 aromatic carbocycles. The quantitative estimate of drug-likeness (QED) is 0.814. The van der Waals surface area contributed by atoms with Crippen LogP contribution in [0.3, 0.4) is 0 Å². The van der Waals surface area contributed by atoms with E-state index < -0.39 is 0 Å². The van der Waals surface area contributed by atoms with Gasteiger partial charge in [-0.05, 0) is 25.2 Å². The summed E-state index contributed by atoms with van der Waals surface area (Å²) in [6.45, 7) is 10.9. The number of hydrogen-bond donors (Lipinski definition) is 1. The maximum Gasteiger partial charge on any atom is 0.0309 e. The molecule has 1 saturated carbocycles. The van der Waals surface area contributed by atoms with Gasteiger partial charge in [-0.1, -0.05) is 52.9 Å². The van der Waals surface area contributed by atoms with Crippen molar-refractivity contribution in [2.24, 2.45) is 5.92 Å².